The van der Waals surface area contributed by atoms with Crippen molar-refractivity contribution in [1.82, 2.24) is 0 Å². The van der Waals surface area contributed by atoms with E-state index in [-0.39, 0.29) is 12.5 Å². The summed E-state index contributed by atoms with van der Waals surface area (Å²) in [4.78, 5) is 15.3. The van der Waals surface area contributed by atoms with E-state index in [1.807, 2.05) is 55.5 Å². The third-order valence-electron chi connectivity index (χ3n) is 5.01. The predicted octanol–water partition coefficient (Wildman–Crippen LogP) is 4.04. The smallest absolute Gasteiger partial charge is 0.244 e. The van der Waals surface area contributed by atoms with E-state index in [1.165, 1.54) is 6.21 Å². The Morgan fingerprint density at radius 3 is 2.85 bits per heavy atom. The first-order valence-electron chi connectivity index (χ1n) is 8.91. The van der Waals surface area contributed by atoms with Crippen LogP contribution in [0.5, 0.6) is 0 Å². The minimum Gasteiger partial charge on any atom is -0.395 e. The molecule has 134 valence electrons. The molecule has 1 unspecified atom stereocenters. The van der Waals surface area contributed by atoms with Gasteiger partial charge in [0, 0.05) is 11.9 Å². The number of anilines is 1. The third-order valence-corrected chi connectivity index (χ3v) is 5.01. The molecule has 1 heterocycles. The molecule has 1 amide bonds. The normalized spacial score (nSPS) is 22.7. The van der Waals surface area contributed by atoms with E-state index in [0.717, 1.165) is 35.4 Å². The lowest BCUT2D eigenvalue weighted by Crippen LogP contribution is -2.43. The predicted molar refractivity (Wildman–Crippen MR) is 105 cm³/mol. The number of fused-ring (bicyclic) bond motifs is 1. The quantitative estimate of drug-likeness (QED) is 0.602. The van der Waals surface area contributed by atoms with Crippen molar-refractivity contribution in [2.75, 3.05) is 11.5 Å². The average Bonchev–Trinajstić information content (AvgIpc) is 2.91. The zero-order valence-electron chi connectivity index (χ0n) is 15.0. The molecule has 1 atom stereocenters. The lowest BCUT2D eigenvalue weighted by molar-refractivity contribution is -0.124. The minimum absolute atomic E-state index is 0.0943. The molecule has 2 aliphatic rings. The first-order chi connectivity index (χ1) is 12.7. The SMILES string of the molecule is C/C=C\C(=C/C=N)CC1(CO)C(=O)N(C2=CC=CCC2)c2ccccc21. The van der Waals surface area contributed by atoms with Gasteiger partial charge >= 0.3 is 0 Å². The number of allylic oxidation sites excluding steroid dienone is 8. The molecular weight excluding hydrogens is 324 g/mol. The van der Waals surface area contributed by atoms with Gasteiger partial charge in [-0.3, -0.25) is 9.69 Å². The average molecular weight is 348 g/mol. The van der Waals surface area contributed by atoms with Gasteiger partial charge in [0.2, 0.25) is 5.91 Å². The highest BCUT2D eigenvalue weighted by Gasteiger charge is 2.51. The Morgan fingerprint density at radius 2 is 2.19 bits per heavy atom. The lowest BCUT2D eigenvalue weighted by Gasteiger charge is -2.28. The Labute approximate surface area is 154 Å². The van der Waals surface area contributed by atoms with Crippen molar-refractivity contribution in [3.05, 3.63) is 77.6 Å². The van der Waals surface area contributed by atoms with Gasteiger partial charge in [-0.15, -0.1) is 0 Å². The maximum atomic E-state index is 13.6. The Balaban J connectivity index is 2.12. The first kappa shape index (κ1) is 18.1. The van der Waals surface area contributed by atoms with Gasteiger partial charge in [0.05, 0.1) is 12.3 Å². The van der Waals surface area contributed by atoms with Crippen LogP contribution in [-0.4, -0.2) is 23.8 Å². The van der Waals surface area contributed by atoms with Gasteiger partial charge < -0.3 is 10.5 Å². The number of amides is 1. The number of para-hydroxylation sites is 1. The van der Waals surface area contributed by atoms with Crippen LogP contribution in [0.3, 0.4) is 0 Å². The molecule has 0 aromatic heterocycles. The molecule has 0 bridgehead atoms. The number of nitrogens with zero attached hydrogens (tertiary/aromatic N) is 1. The van der Waals surface area contributed by atoms with Crippen LogP contribution in [0.4, 0.5) is 5.69 Å². The highest BCUT2D eigenvalue weighted by molar-refractivity contribution is 6.10. The molecule has 0 saturated carbocycles. The minimum atomic E-state index is -1.02. The summed E-state index contributed by atoms with van der Waals surface area (Å²) in [5.41, 5.74) is 2.49. The highest BCUT2D eigenvalue weighted by atomic mass is 16.3. The van der Waals surface area contributed by atoms with Gasteiger partial charge in [-0.2, -0.15) is 0 Å². The number of aliphatic hydroxyl groups excluding tert-OH is 1. The molecule has 0 spiro atoms. The van der Waals surface area contributed by atoms with Gasteiger partial charge in [0.15, 0.2) is 0 Å². The molecule has 0 fully saturated rings. The molecule has 1 aromatic rings. The molecule has 2 N–H and O–H groups in total. The number of hydrogen-bond acceptors (Lipinski definition) is 3. The third kappa shape index (κ3) is 2.97. The summed E-state index contributed by atoms with van der Waals surface area (Å²) in [6.45, 7) is 1.63. The van der Waals surface area contributed by atoms with E-state index in [9.17, 15) is 9.90 Å². The number of aliphatic hydroxyl groups is 1. The van der Waals surface area contributed by atoms with Crippen molar-refractivity contribution in [1.29, 1.82) is 5.41 Å². The molecule has 4 heteroatoms. The van der Waals surface area contributed by atoms with Crippen LogP contribution in [0.1, 0.15) is 31.7 Å². The molecule has 4 nitrogen and oxygen atoms in total. The van der Waals surface area contributed by atoms with Crippen LogP contribution >= 0.6 is 0 Å². The Morgan fingerprint density at radius 1 is 1.38 bits per heavy atom. The van der Waals surface area contributed by atoms with Crippen LogP contribution in [0, 0.1) is 5.41 Å². The van der Waals surface area contributed by atoms with Crippen LogP contribution < -0.4 is 4.90 Å². The van der Waals surface area contributed by atoms with Crippen LogP contribution in [0.15, 0.2) is 72.0 Å². The zero-order chi connectivity index (χ0) is 18.6. The summed E-state index contributed by atoms with van der Waals surface area (Å²) in [6.07, 6.45) is 14.8. The molecule has 1 aromatic carbocycles. The van der Waals surface area contributed by atoms with Gasteiger partial charge in [-0.25, -0.2) is 0 Å². The number of carbonyl (C=O) groups is 1. The number of nitrogens with one attached hydrogen (secondary N) is 1. The van der Waals surface area contributed by atoms with Crippen molar-refractivity contribution < 1.29 is 9.90 Å². The first-order valence-corrected chi connectivity index (χ1v) is 8.91. The summed E-state index contributed by atoms with van der Waals surface area (Å²) in [5, 5.41) is 17.7. The van der Waals surface area contributed by atoms with Crippen LogP contribution in [0.25, 0.3) is 0 Å². The molecule has 1 aliphatic heterocycles. The van der Waals surface area contributed by atoms with E-state index in [0.29, 0.717) is 6.42 Å². The zero-order valence-corrected chi connectivity index (χ0v) is 15.0. The van der Waals surface area contributed by atoms with Crippen molar-refractivity contribution in [2.45, 2.75) is 31.6 Å². The standard InChI is InChI=1S/C22H24N2O2/c1-2-8-17(13-14-23)15-22(16-25)19-11-6-7-12-20(19)24(21(22)26)18-9-4-3-5-10-18/h2-4,6-9,11-14,23,25H,5,10,15-16H2,1H3/b8-2-,17-13+,23-14?. The lowest BCUT2D eigenvalue weighted by atomic mass is 9.76. The van der Waals surface area contributed by atoms with E-state index >= 15 is 0 Å². The second-order valence-electron chi connectivity index (χ2n) is 6.61. The van der Waals surface area contributed by atoms with Crippen LogP contribution in [0.2, 0.25) is 0 Å². The fourth-order valence-electron chi connectivity index (χ4n) is 3.80. The van der Waals surface area contributed by atoms with Crippen molar-refractivity contribution in [3.63, 3.8) is 0 Å². The second-order valence-corrected chi connectivity index (χ2v) is 6.61. The van der Waals surface area contributed by atoms with E-state index in [4.69, 9.17) is 5.41 Å². The topological polar surface area (TPSA) is 64.4 Å². The fraction of sp³-hybridized carbons (Fsp3) is 0.273. The molecular formula is C22H24N2O2. The van der Waals surface area contributed by atoms with Gasteiger partial charge in [-0.05, 0) is 55.5 Å². The van der Waals surface area contributed by atoms with Crippen molar-refractivity contribution in [2.24, 2.45) is 0 Å². The largest absolute Gasteiger partial charge is 0.395 e. The van der Waals surface area contributed by atoms with E-state index in [1.54, 1.807) is 11.0 Å². The molecule has 0 radical (unpaired) electrons. The van der Waals surface area contributed by atoms with Crippen molar-refractivity contribution in [3.8, 4) is 0 Å². The summed E-state index contributed by atoms with van der Waals surface area (Å²) in [7, 11) is 0. The Hall–Kier alpha value is -2.72. The summed E-state index contributed by atoms with van der Waals surface area (Å²) >= 11 is 0. The van der Waals surface area contributed by atoms with Gasteiger partial charge in [0.1, 0.15) is 5.41 Å². The number of carbonyl (C=O) groups excluding carboxylic acids is 1. The molecule has 0 saturated heterocycles. The second kappa shape index (κ2) is 7.67. The summed E-state index contributed by atoms with van der Waals surface area (Å²) < 4.78 is 0. The van der Waals surface area contributed by atoms with Crippen LogP contribution in [-0.2, 0) is 10.2 Å². The highest BCUT2D eigenvalue weighted by Crippen LogP contribution is 2.47. The van der Waals surface area contributed by atoms with E-state index < -0.39 is 5.41 Å². The number of rotatable bonds is 6. The Kier molecular flexibility index (Phi) is 5.33. The van der Waals surface area contributed by atoms with E-state index in [2.05, 4.69) is 6.08 Å². The van der Waals surface area contributed by atoms with Gasteiger partial charge in [-0.1, -0.05) is 42.5 Å². The maximum absolute atomic E-state index is 13.6. The van der Waals surface area contributed by atoms with Gasteiger partial charge in [0.25, 0.3) is 0 Å². The summed E-state index contributed by atoms with van der Waals surface area (Å²) in [6, 6.07) is 7.71. The number of hydrogen-bond donors (Lipinski definition) is 2. The maximum Gasteiger partial charge on any atom is 0.244 e. The molecule has 3 rings (SSSR count). The number of benzene rings is 1. The summed E-state index contributed by atoms with van der Waals surface area (Å²) in [5.74, 6) is -0.0943. The Bertz CT molecular complexity index is 832. The van der Waals surface area contributed by atoms with Crippen molar-refractivity contribution >= 4 is 17.8 Å². The molecule has 26 heavy (non-hydrogen) atoms. The fourth-order valence-corrected chi connectivity index (χ4v) is 3.80. The monoisotopic (exact) mass is 348 g/mol. The molecule has 1 aliphatic carbocycles.